The van der Waals surface area contributed by atoms with Gasteiger partial charge in [-0.3, -0.25) is 9.79 Å². The van der Waals surface area contributed by atoms with Gasteiger partial charge in [0.05, 0.1) is 25.9 Å². The van der Waals surface area contributed by atoms with Crippen LogP contribution >= 0.6 is 0 Å². The van der Waals surface area contributed by atoms with Crippen molar-refractivity contribution in [1.82, 2.24) is 25.6 Å². The van der Waals surface area contributed by atoms with Crippen molar-refractivity contribution < 1.29 is 13.9 Å². The van der Waals surface area contributed by atoms with Crippen LogP contribution in [0.4, 0.5) is 4.39 Å². The van der Waals surface area contributed by atoms with Crippen molar-refractivity contribution in [3.05, 3.63) is 47.0 Å². The molecule has 0 bridgehead atoms. The molecule has 1 aromatic carbocycles. The Morgan fingerprint density at radius 2 is 2.23 bits per heavy atom. The summed E-state index contributed by atoms with van der Waals surface area (Å²) >= 11 is 0. The molecule has 2 aromatic rings. The molecule has 1 aromatic heterocycles. The molecule has 8 nitrogen and oxygen atoms in total. The first-order valence-corrected chi connectivity index (χ1v) is 8.12. The number of aliphatic imine (C=N–C) groups is 1. The van der Waals surface area contributed by atoms with Gasteiger partial charge in [-0.15, -0.1) is 5.10 Å². The lowest BCUT2D eigenvalue weighted by Gasteiger charge is -2.18. The zero-order valence-corrected chi connectivity index (χ0v) is 15.3. The van der Waals surface area contributed by atoms with E-state index in [-0.39, 0.29) is 18.4 Å². The van der Waals surface area contributed by atoms with Crippen LogP contribution in [0, 0.1) is 12.7 Å². The monoisotopic (exact) mass is 362 g/mol. The number of esters is 1. The molecule has 26 heavy (non-hydrogen) atoms. The third-order valence-corrected chi connectivity index (χ3v) is 3.81. The Morgan fingerprint density at radius 3 is 2.88 bits per heavy atom. The van der Waals surface area contributed by atoms with Gasteiger partial charge in [0.15, 0.2) is 5.96 Å². The number of aryl methyl sites for hydroxylation is 1. The van der Waals surface area contributed by atoms with E-state index in [0.717, 1.165) is 5.56 Å². The van der Waals surface area contributed by atoms with Crippen molar-refractivity contribution >= 4 is 11.9 Å². The number of nitrogens with one attached hydrogen (secondary N) is 2. The zero-order valence-electron chi connectivity index (χ0n) is 15.3. The number of hydrogen-bond donors (Lipinski definition) is 2. The topological polar surface area (TPSA) is 93.4 Å². The average Bonchev–Trinajstić information content (AvgIpc) is 3.07. The molecule has 0 amide bonds. The number of rotatable bonds is 6. The molecule has 0 fully saturated rings. The highest BCUT2D eigenvalue weighted by Crippen LogP contribution is 2.16. The van der Waals surface area contributed by atoms with E-state index in [2.05, 4.69) is 30.7 Å². The van der Waals surface area contributed by atoms with E-state index < -0.39 is 5.97 Å². The number of guanidine groups is 1. The SMILES string of the molecule is CN=C(NCc1cn(CC(=O)OC)nn1)NC(C)c1ccc(C)c(F)c1. The van der Waals surface area contributed by atoms with Gasteiger partial charge in [0, 0.05) is 7.05 Å². The number of carbonyl (C=O) groups excluding carboxylic acids is 1. The number of hydrogen-bond acceptors (Lipinski definition) is 5. The highest BCUT2D eigenvalue weighted by Gasteiger charge is 2.11. The maximum absolute atomic E-state index is 13.7. The lowest BCUT2D eigenvalue weighted by atomic mass is 10.1. The van der Waals surface area contributed by atoms with Gasteiger partial charge in [-0.05, 0) is 31.0 Å². The molecule has 0 saturated carbocycles. The van der Waals surface area contributed by atoms with E-state index in [1.165, 1.54) is 17.9 Å². The Balaban J connectivity index is 1.91. The summed E-state index contributed by atoms with van der Waals surface area (Å²) in [5, 5.41) is 14.1. The fourth-order valence-corrected chi connectivity index (χ4v) is 2.23. The van der Waals surface area contributed by atoms with Gasteiger partial charge in [-0.1, -0.05) is 17.3 Å². The molecule has 1 heterocycles. The molecule has 2 N–H and O–H groups in total. The van der Waals surface area contributed by atoms with Crippen molar-refractivity contribution in [2.75, 3.05) is 14.2 Å². The summed E-state index contributed by atoms with van der Waals surface area (Å²) in [5.41, 5.74) is 2.07. The number of carbonyl (C=O) groups is 1. The molecule has 0 aliphatic rings. The van der Waals surface area contributed by atoms with Gasteiger partial charge in [0.1, 0.15) is 18.1 Å². The van der Waals surface area contributed by atoms with Crippen LogP contribution in [0.1, 0.15) is 29.8 Å². The molecular formula is C17H23FN6O2. The van der Waals surface area contributed by atoms with Crippen LogP contribution in [0.2, 0.25) is 0 Å². The molecule has 0 spiro atoms. The normalized spacial score (nSPS) is 12.6. The Bertz CT molecular complexity index is 789. The third kappa shape index (κ3) is 5.27. The molecule has 0 aliphatic carbocycles. The van der Waals surface area contributed by atoms with Crippen molar-refractivity contribution in [1.29, 1.82) is 0 Å². The largest absolute Gasteiger partial charge is 0.468 e. The van der Waals surface area contributed by atoms with E-state index in [0.29, 0.717) is 23.8 Å². The van der Waals surface area contributed by atoms with Gasteiger partial charge in [0.25, 0.3) is 0 Å². The summed E-state index contributed by atoms with van der Waals surface area (Å²) in [7, 11) is 2.96. The predicted molar refractivity (Wildman–Crippen MR) is 94.9 cm³/mol. The van der Waals surface area contributed by atoms with E-state index in [9.17, 15) is 9.18 Å². The highest BCUT2D eigenvalue weighted by atomic mass is 19.1. The second kappa shape index (κ2) is 8.93. The second-order valence-corrected chi connectivity index (χ2v) is 5.78. The zero-order chi connectivity index (χ0) is 19.1. The lowest BCUT2D eigenvalue weighted by molar-refractivity contribution is -0.141. The summed E-state index contributed by atoms with van der Waals surface area (Å²) in [6.07, 6.45) is 1.65. The summed E-state index contributed by atoms with van der Waals surface area (Å²) in [5.74, 6) is -0.0895. The first-order valence-electron chi connectivity index (χ1n) is 8.12. The lowest BCUT2D eigenvalue weighted by Crippen LogP contribution is -2.38. The first kappa shape index (κ1) is 19.4. The maximum Gasteiger partial charge on any atom is 0.327 e. The standard InChI is InChI=1S/C17H23FN6O2/c1-11-5-6-13(7-15(11)18)12(2)21-17(19-3)20-8-14-9-24(23-22-14)10-16(25)26-4/h5-7,9,12H,8,10H2,1-4H3,(H2,19,20,21). The van der Waals surface area contributed by atoms with Gasteiger partial charge >= 0.3 is 5.97 Å². The molecule has 0 saturated heterocycles. The minimum atomic E-state index is -0.397. The van der Waals surface area contributed by atoms with Crippen molar-refractivity contribution in [2.45, 2.75) is 33.0 Å². The van der Waals surface area contributed by atoms with Crippen LogP contribution in [0.25, 0.3) is 0 Å². The third-order valence-electron chi connectivity index (χ3n) is 3.81. The van der Waals surface area contributed by atoms with Crippen molar-refractivity contribution in [3.63, 3.8) is 0 Å². The number of methoxy groups -OCH3 is 1. The van der Waals surface area contributed by atoms with E-state index in [1.807, 2.05) is 13.0 Å². The van der Waals surface area contributed by atoms with Gasteiger partial charge in [-0.2, -0.15) is 0 Å². The Kier molecular flexibility index (Phi) is 6.65. The van der Waals surface area contributed by atoms with Crippen LogP contribution in [0.5, 0.6) is 0 Å². The average molecular weight is 362 g/mol. The second-order valence-electron chi connectivity index (χ2n) is 5.78. The van der Waals surface area contributed by atoms with E-state index in [4.69, 9.17) is 0 Å². The molecule has 0 aliphatic heterocycles. The Labute approximate surface area is 151 Å². The number of benzene rings is 1. The van der Waals surface area contributed by atoms with Crippen LogP contribution < -0.4 is 10.6 Å². The molecular weight excluding hydrogens is 339 g/mol. The highest BCUT2D eigenvalue weighted by molar-refractivity contribution is 5.80. The molecule has 140 valence electrons. The predicted octanol–water partition coefficient (Wildman–Crippen LogP) is 1.32. The fraction of sp³-hybridized carbons (Fsp3) is 0.412. The molecule has 1 unspecified atom stereocenters. The smallest absolute Gasteiger partial charge is 0.327 e. The minimum Gasteiger partial charge on any atom is -0.468 e. The summed E-state index contributed by atoms with van der Waals surface area (Å²) < 4.78 is 19.7. The maximum atomic E-state index is 13.7. The summed E-state index contributed by atoms with van der Waals surface area (Å²) in [6, 6.07) is 5.00. The van der Waals surface area contributed by atoms with E-state index in [1.54, 1.807) is 26.2 Å². The van der Waals surface area contributed by atoms with Crippen molar-refractivity contribution in [3.8, 4) is 0 Å². The van der Waals surface area contributed by atoms with Crippen LogP contribution in [0.3, 0.4) is 0 Å². The van der Waals surface area contributed by atoms with E-state index >= 15 is 0 Å². The number of nitrogens with zero attached hydrogens (tertiary/aromatic N) is 4. The van der Waals surface area contributed by atoms with Crippen LogP contribution in [-0.2, 0) is 22.6 Å². The van der Waals surface area contributed by atoms with Crippen molar-refractivity contribution in [2.24, 2.45) is 4.99 Å². The fourth-order valence-electron chi connectivity index (χ4n) is 2.23. The number of ether oxygens (including phenoxy) is 1. The first-order chi connectivity index (χ1) is 12.4. The van der Waals surface area contributed by atoms with Crippen LogP contribution in [0.15, 0.2) is 29.4 Å². The number of aromatic nitrogens is 3. The summed E-state index contributed by atoms with van der Waals surface area (Å²) in [4.78, 5) is 15.4. The van der Waals surface area contributed by atoms with Crippen LogP contribution in [-0.4, -0.2) is 41.1 Å². The Morgan fingerprint density at radius 1 is 1.46 bits per heavy atom. The Hall–Kier alpha value is -2.97. The number of halogens is 1. The van der Waals surface area contributed by atoms with Gasteiger partial charge in [0.2, 0.25) is 0 Å². The summed E-state index contributed by atoms with van der Waals surface area (Å²) in [6.45, 7) is 4.02. The minimum absolute atomic E-state index is 0.00644. The molecule has 1 atom stereocenters. The molecule has 9 heteroatoms. The quantitative estimate of drug-likeness (QED) is 0.457. The van der Waals surface area contributed by atoms with Gasteiger partial charge < -0.3 is 15.4 Å². The molecule has 0 radical (unpaired) electrons. The van der Waals surface area contributed by atoms with Gasteiger partial charge in [-0.25, -0.2) is 9.07 Å². The molecule has 2 rings (SSSR count).